The van der Waals surface area contributed by atoms with Crippen LogP contribution in [0, 0.1) is 0 Å². The molecule has 1 unspecified atom stereocenters. The van der Waals surface area contributed by atoms with Gasteiger partial charge in [0.2, 0.25) is 5.88 Å². The van der Waals surface area contributed by atoms with Crippen LogP contribution < -0.4 is 4.74 Å². The number of imidazole rings is 1. The Hall–Kier alpha value is -4.28. The number of ether oxygens (including phenoxy) is 2. The van der Waals surface area contributed by atoms with Crippen molar-refractivity contribution in [1.29, 1.82) is 0 Å². The molecule has 0 amide bonds. The molecule has 0 aliphatic carbocycles. The summed E-state index contributed by atoms with van der Waals surface area (Å²) in [4.78, 5) is 27.0. The summed E-state index contributed by atoms with van der Waals surface area (Å²) in [6, 6.07) is 15.6. The molecule has 0 bridgehead atoms. The molecule has 0 saturated carbocycles. The van der Waals surface area contributed by atoms with Gasteiger partial charge in [-0.3, -0.25) is 9.58 Å². The Morgan fingerprint density at radius 1 is 1.10 bits per heavy atom. The first-order valence-corrected chi connectivity index (χ1v) is 14.7. The number of rotatable bonds is 8. The molecule has 42 heavy (non-hydrogen) atoms. The maximum absolute atomic E-state index is 12.0. The number of benzene rings is 2. The number of nitrogens with one attached hydrogen (secondary N) is 1. The lowest BCUT2D eigenvalue weighted by molar-refractivity contribution is 0.0674. The molecule has 1 atom stereocenters. The highest BCUT2D eigenvalue weighted by molar-refractivity contribution is 5.94. The third-order valence-corrected chi connectivity index (χ3v) is 8.46. The van der Waals surface area contributed by atoms with Crippen LogP contribution in [0.4, 0.5) is 0 Å². The van der Waals surface area contributed by atoms with Crippen LogP contribution in [-0.4, -0.2) is 67.0 Å². The summed E-state index contributed by atoms with van der Waals surface area (Å²) in [5.41, 5.74) is 5.50. The van der Waals surface area contributed by atoms with Crippen molar-refractivity contribution in [1.82, 2.24) is 29.6 Å². The highest BCUT2D eigenvalue weighted by Crippen LogP contribution is 2.35. The third kappa shape index (κ3) is 5.23. The highest BCUT2D eigenvalue weighted by atomic mass is 16.5. The van der Waals surface area contributed by atoms with Crippen LogP contribution in [-0.2, 0) is 11.3 Å². The Bertz CT molecular complexity index is 1720. The first-order valence-electron chi connectivity index (χ1n) is 14.7. The molecular formula is C32H34N6O4. The van der Waals surface area contributed by atoms with Crippen molar-refractivity contribution in [3.63, 3.8) is 0 Å². The summed E-state index contributed by atoms with van der Waals surface area (Å²) in [5.74, 6) is -0.439. The van der Waals surface area contributed by atoms with E-state index in [2.05, 4.69) is 42.8 Å². The lowest BCUT2D eigenvalue weighted by Gasteiger charge is -2.34. The summed E-state index contributed by atoms with van der Waals surface area (Å²) in [6.07, 6.45) is 8.83. The monoisotopic (exact) mass is 566 g/mol. The van der Waals surface area contributed by atoms with Gasteiger partial charge in [0.1, 0.15) is 6.61 Å². The second-order valence-electron chi connectivity index (χ2n) is 11.2. The predicted octanol–water partition coefficient (Wildman–Crippen LogP) is 5.51. The van der Waals surface area contributed by atoms with E-state index in [-0.39, 0.29) is 11.6 Å². The van der Waals surface area contributed by atoms with Gasteiger partial charge in [-0.15, -0.1) is 0 Å². The molecule has 5 aromatic rings. The Morgan fingerprint density at radius 2 is 1.95 bits per heavy atom. The first-order chi connectivity index (χ1) is 20.6. The van der Waals surface area contributed by atoms with Crippen LogP contribution in [0.25, 0.3) is 21.9 Å². The van der Waals surface area contributed by atoms with Gasteiger partial charge in [-0.05, 0) is 68.6 Å². The van der Waals surface area contributed by atoms with E-state index in [1.54, 1.807) is 18.5 Å². The van der Waals surface area contributed by atoms with Gasteiger partial charge in [0.05, 0.1) is 52.4 Å². The minimum absolute atomic E-state index is 0.228. The van der Waals surface area contributed by atoms with E-state index in [0.29, 0.717) is 24.0 Å². The predicted molar refractivity (Wildman–Crippen MR) is 158 cm³/mol. The van der Waals surface area contributed by atoms with E-state index in [1.165, 1.54) is 6.42 Å². The minimum Gasteiger partial charge on any atom is -0.478 e. The zero-order valence-corrected chi connectivity index (χ0v) is 23.4. The van der Waals surface area contributed by atoms with Gasteiger partial charge in [0.25, 0.3) is 0 Å². The molecule has 10 heteroatoms. The van der Waals surface area contributed by atoms with Crippen molar-refractivity contribution < 1.29 is 19.4 Å². The topological polar surface area (TPSA) is 118 Å². The fourth-order valence-electron chi connectivity index (χ4n) is 6.34. The molecule has 7 rings (SSSR count). The Kier molecular flexibility index (Phi) is 7.31. The zero-order valence-electron chi connectivity index (χ0n) is 23.4. The number of aromatic carboxylic acids is 1. The molecule has 0 spiro atoms. The maximum atomic E-state index is 12.0. The van der Waals surface area contributed by atoms with E-state index < -0.39 is 5.97 Å². The van der Waals surface area contributed by atoms with Crippen LogP contribution in [0.3, 0.4) is 0 Å². The Balaban J connectivity index is 1.19. The van der Waals surface area contributed by atoms with E-state index in [1.807, 2.05) is 24.4 Å². The fraction of sp³-hybridized carbons (Fsp3) is 0.375. The summed E-state index contributed by atoms with van der Waals surface area (Å²) in [7, 11) is 0. The molecule has 2 saturated heterocycles. The summed E-state index contributed by atoms with van der Waals surface area (Å²) in [5, 5.41) is 15.6. The lowest BCUT2D eigenvalue weighted by Crippen LogP contribution is -2.35. The van der Waals surface area contributed by atoms with E-state index in [9.17, 15) is 9.90 Å². The van der Waals surface area contributed by atoms with Crippen LogP contribution in [0.5, 0.6) is 5.88 Å². The quantitative estimate of drug-likeness (QED) is 0.252. The number of aromatic nitrogens is 5. The number of pyridine rings is 1. The number of likely N-dealkylation sites (tertiary alicyclic amines) is 1. The van der Waals surface area contributed by atoms with Crippen molar-refractivity contribution >= 4 is 27.9 Å². The second-order valence-corrected chi connectivity index (χ2v) is 11.2. The minimum atomic E-state index is -0.967. The second kappa shape index (κ2) is 11.5. The van der Waals surface area contributed by atoms with Crippen LogP contribution in [0.1, 0.15) is 71.4 Å². The van der Waals surface area contributed by atoms with Crippen molar-refractivity contribution in [2.24, 2.45) is 0 Å². The number of carboxylic acid groups (broad SMARTS) is 1. The van der Waals surface area contributed by atoms with Gasteiger partial charge >= 0.3 is 5.97 Å². The number of carboxylic acids is 1. The molecule has 2 aromatic carbocycles. The molecule has 216 valence electrons. The molecule has 10 nitrogen and oxygen atoms in total. The normalized spacial score (nSPS) is 17.5. The third-order valence-electron chi connectivity index (χ3n) is 8.46. The van der Waals surface area contributed by atoms with Gasteiger partial charge in [0.15, 0.2) is 0 Å². The highest BCUT2D eigenvalue weighted by Gasteiger charge is 2.29. The van der Waals surface area contributed by atoms with Gasteiger partial charge in [0, 0.05) is 30.2 Å². The molecule has 0 radical (unpaired) electrons. The van der Waals surface area contributed by atoms with E-state index >= 15 is 0 Å². The van der Waals surface area contributed by atoms with Gasteiger partial charge in [-0.1, -0.05) is 24.6 Å². The fourth-order valence-corrected chi connectivity index (χ4v) is 6.34. The number of fused-ring (bicyclic) bond motifs is 2. The molecule has 2 fully saturated rings. The van der Waals surface area contributed by atoms with Gasteiger partial charge in [-0.2, -0.15) is 5.10 Å². The molecule has 2 aliphatic rings. The molecule has 3 aromatic heterocycles. The number of carbonyl (C=O) groups is 1. The molecular weight excluding hydrogens is 532 g/mol. The maximum Gasteiger partial charge on any atom is 0.335 e. The Morgan fingerprint density at radius 3 is 2.79 bits per heavy atom. The van der Waals surface area contributed by atoms with Crippen LogP contribution in [0.2, 0.25) is 0 Å². The molecule has 2 N–H and O–H groups in total. The van der Waals surface area contributed by atoms with E-state index in [0.717, 1.165) is 85.2 Å². The molecule has 2 aliphatic heterocycles. The number of nitrogens with zero attached hydrogens (tertiary/aromatic N) is 5. The van der Waals surface area contributed by atoms with Crippen molar-refractivity contribution in [3.05, 3.63) is 83.4 Å². The first kappa shape index (κ1) is 26.6. The summed E-state index contributed by atoms with van der Waals surface area (Å²) in [6.45, 7) is 3.71. The van der Waals surface area contributed by atoms with Gasteiger partial charge in [-0.25, -0.2) is 14.8 Å². The standard InChI is InChI=1S/C32H34N6O4/c39-32(40)23-16-25(30-27(17-23)33-20-34-30)31(37-11-2-1-3-12-37)26-5-4-6-29(36-26)42-19-21-7-8-22-18-35-38(28(22)15-21)24-9-13-41-14-10-24/h4-8,15-18,20,24,31H,1-3,9-14,19H2,(H,33,34)(H,39,40). The number of hydrogen-bond acceptors (Lipinski definition) is 7. The summed E-state index contributed by atoms with van der Waals surface area (Å²) >= 11 is 0. The van der Waals surface area contributed by atoms with E-state index in [4.69, 9.17) is 14.5 Å². The average molecular weight is 567 g/mol. The smallest absolute Gasteiger partial charge is 0.335 e. The number of aromatic amines is 1. The molecule has 5 heterocycles. The SMILES string of the molecule is O=C(O)c1cc(C(c2cccc(OCc3ccc4cnn(C5CCOCC5)c4c3)n2)N2CCCCC2)c2nc[nH]c2c1. The van der Waals surface area contributed by atoms with Crippen molar-refractivity contribution in [3.8, 4) is 5.88 Å². The van der Waals surface area contributed by atoms with Gasteiger partial charge < -0.3 is 19.6 Å². The number of H-pyrrole nitrogens is 1. The van der Waals surface area contributed by atoms with Crippen LogP contribution in [0.15, 0.2) is 61.1 Å². The van der Waals surface area contributed by atoms with Crippen LogP contribution >= 0.6 is 0 Å². The average Bonchev–Trinajstić information content (AvgIpc) is 3.68. The summed E-state index contributed by atoms with van der Waals surface area (Å²) < 4.78 is 13.9. The lowest BCUT2D eigenvalue weighted by atomic mass is 9.95. The van der Waals surface area contributed by atoms with Crippen molar-refractivity contribution in [2.45, 2.75) is 50.8 Å². The number of hydrogen-bond donors (Lipinski definition) is 2. The van der Waals surface area contributed by atoms with Crippen molar-refractivity contribution in [2.75, 3.05) is 26.3 Å². The number of piperidine rings is 1. The largest absolute Gasteiger partial charge is 0.478 e. The zero-order chi connectivity index (χ0) is 28.5. The Labute approximate surface area is 243 Å².